The number of rotatable bonds is 7. The molecule has 3 aromatic rings. The Morgan fingerprint density at radius 3 is 2.77 bits per heavy atom. The zero-order chi connectivity index (χ0) is 21.1. The molecule has 3 aromatic heterocycles. The highest BCUT2D eigenvalue weighted by molar-refractivity contribution is 5.75. The van der Waals surface area contributed by atoms with Crippen molar-refractivity contribution in [3.63, 3.8) is 0 Å². The Bertz CT molecular complexity index is 1010. The van der Waals surface area contributed by atoms with Gasteiger partial charge >= 0.3 is 6.09 Å². The zero-order valence-corrected chi connectivity index (χ0v) is 16.8. The van der Waals surface area contributed by atoms with Crippen molar-refractivity contribution in [1.29, 1.82) is 0 Å². The van der Waals surface area contributed by atoms with Crippen LogP contribution in [-0.4, -0.2) is 70.4 Å². The number of aliphatic hydroxyl groups excluding tert-OH is 1. The van der Waals surface area contributed by atoms with Crippen LogP contribution in [0.2, 0.25) is 0 Å². The van der Waals surface area contributed by atoms with Gasteiger partial charge in [-0.05, 0) is 31.6 Å². The minimum Gasteiger partial charge on any atom is -0.465 e. The number of amides is 1. The Hall–Kier alpha value is -3.21. The fourth-order valence-electron chi connectivity index (χ4n) is 3.96. The van der Waals surface area contributed by atoms with E-state index in [0.717, 1.165) is 48.9 Å². The van der Waals surface area contributed by atoms with Crippen molar-refractivity contribution in [2.75, 3.05) is 19.0 Å². The van der Waals surface area contributed by atoms with E-state index in [4.69, 9.17) is 10.2 Å². The van der Waals surface area contributed by atoms with Gasteiger partial charge in [0.2, 0.25) is 5.95 Å². The summed E-state index contributed by atoms with van der Waals surface area (Å²) < 4.78 is 3.55. The topological polar surface area (TPSA) is 134 Å². The van der Waals surface area contributed by atoms with E-state index >= 15 is 0 Å². The van der Waals surface area contributed by atoms with Crippen LogP contribution in [0.25, 0.3) is 11.0 Å². The molecule has 30 heavy (non-hydrogen) atoms. The second-order valence-electron chi connectivity index (χ2n) is 7.71. The van der Waals surface area contributed by atoms with Crippen molar-refractivity contribution >= 4 is 28.8 Å². The fourth-order valence-corrected chi connectivity index (χ4v) is 3.96. The number of hydrogen-bond donors (Lipinski definition) is 3. The lowest BCUT2D eigenvalue weighted by atomic mass is 9.85. The van der Waals surface area contributed by atoms with Crippen LogP contribution in [0.15, 0.2) is 24.8 Å². The summed E-state index contributed by atoms with van der Waals surface area (Å²) in [5.74, 6) is 0.897. The quantitative estimate of drug-likeness (QED) is 0.534. The van der Waals surface area contributed by atoms with Gasteiger partial charge in [0.1, 0.15) is 0 Å². The maximum atomic E-state index is 11.2. The van der Waals surface area contributed by atoms with Gasteiger partial charge in [-0.25, -0.2) is 14.5 Å². The highest BCUT2D eigenvalue weighted by Crippen LogP contribution is 2.29. The van der Waals surface area contributed by atoms with E-state index in [2.05, 4.69) is 25.5 Å². The molecule has 11 heteroatoms. The molecule has 4 rings (SSSR count). The lowest BCUT2D eigenvalue weighted by Crippen LogP contribution is -2.39. The first-order valence-corrected chi connectivity index (χ1v) is 10.1. The van der Waals surface area contributed by atoms with Crippen molar-refractivity contribution in [2.45, 2.75) is 44.8 Å². The van der Waals surface area contributed by atoms with E-state index in [1.165, 1.54) is 4.90 Å². The smallest absolute Gasteiger partial charge is 0.407 e. The molecule has 0 saturated heterocycles. The molecule has 0 aromatic carbocycles. The van der Waals surface area contributed by atoms with Gasteiger partial charge in [0.05, 0.1) is 36.6 Å². The predicted molar refractivity (Wildman–Crippen MR) is 109 cm³/mol. The van der Waals surface area contributed by atoms with Crippen molar-refractivity contribution in [3.05, 3.63) is 24.8 Å². The second-order valence-corrected chi connectivity index (χ2v) is 7.71. The van der Waals surface area contributed by atoms with Crippen LogP contribution in [0, 0.1) is 5.92 Å². The van der Waals surface area contributed by atoms with Crippen LogP contribution >= 0.6 is 0 Å². The summed E-state index contributed by atoms with van der Waals surface area (Å²) >= 11 is 0. The van der Waals surface area contributed by atoms with Gasteiger partial charge in [-0.2, -0.15) is 15.2 Å². The summed E-state index contributed by atoms with van der Waals surface area (Å²) in [6.45, 7) is 1.20. The summed E-state index contributed by atoms with van der Waals surface area (Å²) in [5.41, 5.74) is 1.51. The van der Waals surface area contributed by atoms with Gasteiger partial charge in [0.15, 0.2) is 5.65 Å². The van der Waals surface area contributed by atoms with E-state index in [-0.39, 0.29) is 12.6 Å². The maximum absolute atomic E-state index is 11.2. The zero-order valence-electron chi connectivity index (χ0n) is 16.8. The van der Waals surface area contributed by atoms with Crippen LogP contribution in [0.4, 0.5) is 16.4 Å². The van der Waals surface area contributed by atoms with Gasteiger partial charge in [0.25, 0.3) is 0 Å². The summed E-state index contributed by atoms with van der Waals surface area (Å²) in [5, 5.41) is 30.8. The van der Waals surface area contributed by atoms with E-state index < -0.39 is 6.09 Å². The molecule has 3 N–H and O–H groups in total. The minimum atomic E-state index is -0.866. The van der Waals surface area contributed by atoms with Crippen molar-refractivity contribution in [3.8, 4) is 0 Å². The van der Waals surface area contributed by atoms with E-state index in [1.807, 2.05) is 4.68 Å². The number of carbonyl (C=O) groups is 1. The molecular weight excluding hydrogens is 388 g/mol. The van der Waals surface area contributed by atoms with Gasteiger partial charge in [0, 0.05) is 32.0 Å². The number of nitrogens with one attached hydrogen (secondary N) is 1. The van der Waals surface area contributed by atoms with E-state index in [9.17, 15) is 4.79 Å². The Balaban J connectivity index is 1.42. The molecule has 1 aliphatic rings. The molecule has 1 amide bonds. The third-order valence-electron chi connectivity index (χ3n) is 5.69. The maximum Gasteiger partial charge on any atom is 0.407 e. The first-order valence-electron chi connectivity index (χ1n) is 10.1. The summed E-state index contributed by atoms with van der Waals surface area (Å²) in [4.78, 5) is 21.5. The van der Waals surface area contributed by atoms with Gasteiger partial charge in [-0.1, -0.05) is 0 Å². The standard InChI is InChI=1S/C19H26N8O3/c1-25(19(29)30)16-4-2-13(3-5-16)11-27-17-14(9-22-27)8-20-18(24-17)23-15-10-21-26(12-15)6-7-28/h8-10,12-13,16,28H,2-7,11H2,1H3,(H,29,30)(H,20,23,24)/t13-,16-. The molecule has 11 nitrogen and oxygen atoms in total. The highest BCUT2D eigenvalue weighted by Gasteiger charge is 2.27. The number of aromatic nitrogens is 6. The SMILES string of the molecule is CN(C(=O)O)[C@H]1CC[C@H](Cn2ncc3cnc(Nc4cnn(CCO)c4)nc32)CC1. The highest BCUT2D eigenvalue weighted by atomic mass is 16.4. The largest absolute Gasteiger partial charge is 0.465 e. The second kappa shape index (κ2) is 8.66. The van der Waals surface area contributed by atoms with Crippen LogP contribution < -0.4 is 5.32 Å². The fraction of sp³-hybridized carbons (Fsp3) is 0.526. The average molecular weight is 414 g/mol. The van der Waals surface area contributed by atoms with Gasteiger partial charge in [-0.3, -0.25) is 4.68 Å². The molecule has 0 unspecified atom stereocenters. The monoisotopic (exact) mass is 414 g/mol. The van der Waals surface area contributed by atoms with Crippen molar-refractivity contribution < 1.29 is 15.0 Å². The Morgan fingerprint density at radius 1 is 1.23 bits per heavy atom. The Morgan fingerprint density at radius 2 is 2.03 bits per heavy atom. The summed E-state index contributed by atoms with van der Waals surface area (Å²) in [7, 11) is 1.65. The Kier molecular flexibility index (Phi) is 5.79. The molecular formula is C19H26N8O3. The minimum absolute atomic E-state index is 0.0251. The number of aliphatic hydroxyl groups is 1. The molecule has 1 aliphatic carbocycles. The third-order valence-corrected chi connectivity index (χ3v) is 5.69. The van der Waals surface area contributed by atoms with Crippen LogP contribution in [0.3, 0.4) is 0 Å². The predicted octanol–water partition coefficient (Wildman–Crippen LogP) is 1.93. The molecule has 0 atom stereocenters. The lowest BCUT2D eigenvalue weighted by molar-refractivity contribution is 0.116. The van der Waals surface area contributed by atoms with E-state index in [0.29, 0.717) is 18.4 Å². The van der Waals surface area contributed by atoms with Crippen LogP contribution in [0.1, 0.15) is 25.7 Å². The Labute approximate surface area is 173 Å². The number of anilines is 2. The number of fused-ring (bicyclic) bond motifs is 1. The first-order chi connectivity index (χ1) is 14.5. The first kappa shape index (κ1) is 20.1. The third kappa shape index (κ3) is 4.35. The van der Waals surface area contributed by atoms with E-state index in [1.54, 1.807) is 36.5 Å². The molecule has 1 saturated carbocycles. The molecule has 0 aliphatic heterocycles. The number of hydrogen-bond acceptors (Lipinski definition) is 7. The molecule has 3 heterocycles. The van der Waals surface area contributed by atoms with Crippen LogP contribution in [-0.2, 0) is 13.1 Å². The lowest BCUT2D eigenvalue weighted by Gasteiger charge is -2.33. The van der Waals surface area contributed by atoms with Crippen molar-refractivity contribution in [1.82, 2.24) is 34.4 Å². The normalized spacial score (nSPS) is 19.1. The summed E-state index contributed by atoms with van der Waals surface area (Å²) in [6.07, 6.45) is 9.75. The average Bonchev–Trinajstić information content (AvgIpc) is 3.35. The summed E-state index contributed by atoms with van der Waals surface area (Å²) in [6, 6.07) is 0.0954. The van der Waals surface area contributed by atoms with Gasteiger partial charge < -0.3 is 20.4 Å². The number of nitrogens with zero attached hydrogens (tertiary/aromatic N) is 7. The van der Waals surface area contributed by atoms with Crippen LogP contribution in [0.5, 0.6) is 0 Å². The van der Waals surface area contributed by atoms with Gasteiger partial charge in [-0.15, -0.1) is 0 Å². The molecule has 160 valence electrons. The number of carboxylic acid groups (broad SMARTS) is 1. The van der Waals surface area contributed by atoms with Crippen molar-refractivity contribution in [2.24, 2.45) is 5.92 Å². The molecule has 0 radical (unpaired) electrons. The molecule has 1 fully saturated rings. The molecule has 0 bridgehead atoms. The molecule has 0 spiro atoms.